The van der Waals surface area contributed by atoms with Gasteiger partial charge >= 0.3 is 0 Å². The molecular formula is C13H11Cl3N2OS. The van der Waals surface area contributed by atoms with Gasteiger partial charge in [-0.15, -0.1) is 11.3 Å². The van der Waals surface area contributed by atoms with E-state index < -0.39 is 5.91 Å². The first-order valence-corrected chi connectivity index (χ1v) is 7.64. The third-order valence-corrected chi connectivity index (χ3v) is 4.60. The fraction of sp³-hybridized carbons (Fsp3) is 0.154. The molecule has 0 aliphatic carbocycles. The van der Waals surface area contributed by atoms with Gasteiger partial charge in [-0.2, -0.15) is 0 Å². The number of hydrogen-bond donors (Lipinski definition) is 2. The fourth-order valence-electron chi connectivity index (χ4n) is 1.78. The number of primary amides is 1. The summed E-state index contributed by atoms with van der Waals surface area (Å²) in [6.07, 6.45) is 0. The van der Waals surface area contributed by atoms with Crippen molar-refractivity contribution in [1.82, 2.24) is 0 Å². The van der Waals surface area contributed by atoms with Crippen molar-refractivity contribution >= 4 is 57.7 Å². The molecule has 1 unspecified atom stereocenters. The van der Waals surface area contributed by atoms with Crippen LogP contribution >= 0.6 is 46.1 Å². The Hall–Kier alpha value is -0.940. The summed E-state index contributed by atoms with van der Waals surface area (Å²) in [6, 6.07) is 6.76. The van der Waals surface area contributed by atoms with E-state index in [2.05, 4.69) is 5.32 Å². The summed E-state index contributed by atoms with van der Waals surface area (Å²) in [7, 11) is 0. The van der Waals surface area contributed by atoms with Crippen LogP contribution in [0, 0.1) is 0 Å². The molecule has 1 aromatic heterocycles. The molecule has 0 spiro atoms. The van der Waals surface area contributed by atoms with Gasteiger partial charge < -0.3 is 11.1 Å². The topological polar surface area (TPSA) is 55.1 Å². The highest BCUT2D eigenvalue weighted by molar-refractivity contribution is 7.20. The Morgan fingerprint density at radius 2 is 2.00 bits per heavy atom. The van der Waals surface area contributed by atoms with Crippen LogP contribution in [0.15, 0.2) is 24.3 Å². The molecule has 1 aromatic carbocycles. The van der Waals surface area contributed by atoms with Crippen molar-refractivity contribution in [3.05, 3.63) is 49.1 Å². The number of benzene rings is 1. The highest BCUT2D eigenvalue weighted by Gasteiger charge is 2.14. The lowest BCUT2D eigenvalue weighted by atomic mass is 10.1. The molecule has 0 aliphatic heterocycles. The summed E-state index contributed by atoms with van der Waals surface area (Å²) in [5, 5.41) is 3.56. The molecule has 20 heavy (non-hydrogen) atoms. The average Bonchev–Trinajstić information content (AvgIpc) is 2.68. The molecule has 0 saturated heterocycles. The Labute approximate surface area is 135 Å². The highest BCUT2D eigenvalue weighted by Crippen LogP contribution is 2.36. The Morgan fingerprint density at radius 1 is 1.30 bits per heavy atom. The van der Waals surface area contributed by atoms with Crippen molar-refractivity contribution in [2.75, 3.05) is 5.32 Å². The van der Waals surface area contributed by atoms with Crippen LogP contribution in [-0.4, -0.2) is 5.91 Å². The lowest BCUT2D eigenvalue weighted by molar-refractivity contribution is 0.100. The Kier molecular flexibility index (Phi) is 4.81. The molecular weight excluding hydrogens is 339 g/mol. The van der Waals surface area contributed by atoms with Gasteiger partial charge in [-0.1, -0.05) is 34.8 Å². The van der Waals surface area contributed by atoms with Gasteiger partial charge in [-0.25, -0.2) is 0 Å². The monoisotopic (exact) mass is 348 g/mol. The fourth-order valence-corrected chi connectivity index (χ4v) is 3.70. The van der Waals surface area contributed by atoms with Crippen LogP contribution in [0.4, 0.5) is 5.69 Å². The van der Waals surface area contributed by atoms with E-state index in [1.54, 1.807) is 18.2 Å². The lowest BCUT2D eigenvalue weighted by Gasteiger charge is -2.15. The van der Waals surface area contributed by atoms with E-state index >= 15 is 0 Å². The van der Waals surface area contributed by atoms with Crippen molar-refractivity contribution in [2.45, 2.75) is 13.0 Å². The third kappa shape index (κ3) is 3.38. The molecule has 0 bridgehead atoms. The van der Waals surface area contributed by atoms with E-state index in [9.17, 15) is 4.79 Å². The van der Waals surface area contributed by atoms with E-state index in [1.807, 2.05) is 13.0 Å². The van der Waals surface area contributed by atoms with Crippen LogP contribution in [0.2, 0.25) is 13.7 Å². The number of hydrogen-bond acceptors (Lipinski definition) is 3. The molecule has 0 fully saturated rings. The quantitative estimate of drug-likeness (QED) is 0.818. The molecule has 1 amide bonds. The molecule has 2 aromatic rings. The molecule has 7 heteroatoms. The molecule has 1 heterocycles. The van der Waals surface area contributed by atoms with Crippen molar-refractivity contribution in [1.29, 1.82) is 0 Å². The highest BCUT2D eigenvalue weighted by atomic mass is 35.5. The van der Waals surface area contributed by atoms with Gasteiger partial charge in [-0.05, 0) is 31.2 Å². The Morgan fingerprint density at radius 3 is 2.50 bits per heavy atom. The molecule has 3 N–H and O–H groups in total. The second kappa shape index (κ2) is 6.22. The molecule has 0 radical (unpaired) electrons. The predicted octanol–water partition coefficient (Wildman–Crippen LogP) is 4.98. The molecule has 0 saturated carbocycles. The second-order valence-corrected chi connectivity index (χ2v) is 6.90. The summed E-state index contributed by atoms with van der Waals surface area (Å²) in [4.78, 5) is 11.1. The number of amides is 1. The van der Waals surface area contributed by atoms with E-state index in [-0.39, 0.29) is 6.04 Å². The molecule has 2 rings (SSSR count). The van der Waals surface area contributed by atoms with E-state index in [1.165, 1.54) is 11.3 Å². The number of nitrogens with two attached hydrogens (primary N) is 1. The van der Waals surface area contributed by atoms with Crippen molar-refractivity contribution in [2.24, 2.45) is 5.73 Å². The molecule has 1 atom stereocenters. The van der Waals surface area contributed by atoms with Crippen molar-refractivity contribution in [3.63, 3.8) is 0 Å². The SMILES string of the molecule is CC(Nc1ccc(C(N)=O)c(Cl)c1)c1cc(Cl)sc1Cl. The minimum absolute atomic E-state index is 0.0401. The zero-order valence-electron chi connectivity index (χ0n) is 10.4. The van der Waals surface area contributed by atoms with Gasteiger partial charge in [0.1, 0.15) is 0 Å². The van der Waals surface area contributed by atoms with Crippen LogP contribution in [0.5, 0.6) is 0 Å². The standard InChI is InChI=1S/C13H11Cl3N2OS/c1-6(9-5-11(15)20-12(9)16)18-7-2-3-8(13(17)19)10(14)4-7/h2-6,18H,1H3,(H2,17,19). The van der Waals surface area contributed by atoms with Crippen molar-refractivity contribution < 1.29 is 4.79 Å². The van der Waals surface area contributed by atoms with E-state index in [0.29, 0.717) is 19.3 Å². The number of anilines is 1. The first-order chi connectivity index (χ1) is 9.38. The van der Waals surface area contributed by atoms with Crippen molar-refractivity contribution in [3.8, 4) is 0 Å². The normalized spacial score (nSPS) is 12.2. The second-order valence-electron chi connectivity index (χ2n) is 4.20. The molecule has 3 nitrogen and oxygen atoms in total. The van der Waals surface area contributed by atoms with Gasteiger partial charge in [-0.3, -0.25) is 4.79 Å². The maximum atomic E-state index is 11.1. The maximum absolute atomic E-state index is 11.1. The average molecular weight is 350 g/mol. The lowest BCUT2D eigenvalue weighted by Crippen LogP contribution is -2.12. The van der Waals surface area contributed by atoms with Crippen LogP contribution in [0.1, 0.15) is 28.9 Å². The number of rotatable bonds is 4. The smallest absolute Gasteiger partial charge is 0.250 e. The van der Waals surface area contributed by atoms with Crippen LogP contribution in [0.25, 0.3) is 0 Å². The predicted molar refractivity (Wildman–Crippen MR) is 86.3 cm³/mol. The summed E-state index contributed by atoms with van der Waals surface area (Å²) >= 11 is 19.4. The molecule has 106 valence electrons. The van der Waals surface area contributed by atoms with E-state index in [4.69, 9.17) is 40.5 Å². The van der Waals surface area contributed by atoms with Gasteiger partial charge in [0.2, 0.25) is 5.91 Å². The summed E-state index contributed by atoms with van der Waals surface area (Å²) in [6.45, 7) is 1.96. The van der Waals surface area contributed by atoms with Gasteiger partial charge in [0, 0.05) is 11.3 Å². The Balaban J connectivity index is 2.20. The zero-order valence-corrected chi connectivity index (χ0v) is 13.5. The van der Waals surface area contributed by atoms with Crippen LogP contribution < -0.4 is 11.1 Å². The minimum Gasteiger partial charge on any atom is -0.378 e. The first kappa shape index (κ1) is 15.4. The van der Waals surface area contributed by atoms with Gasteiger partial charge in [0.15, 0.2) is 0 Å². The minimum atomic E-state index is -0.553. The number of thiophene rings is 1. The number of halogens is 3. The zero-order chi connectivity index (χ0) is 14.9. The maximum Gasteiger partial charge on any atom is 0.250 e. The Bertz CT molecular complexity index is 657. The van der Waals surface area contributed by atoms with Crippen LogP contribution in [-0.2, 0) is 0 Å². The summed E-state index contributed by atoms with van der Waals surface area (Å²) in [5.41, 5.74) is 7.18. The van der Waals surface area contributed by atoms with Gasteiger partial charge in [0.05, 0.1) is 25.3 Å². The number of carbonyl (C=O) groups is 1. The summed E-state index contributed by atoms with van der Waals surface area (Å²) < 4.78 is 1.29. The first-order valence-electron chi connectivity index (χ1n) is 5.69. The number of carbonyl (C=O) groups excluding carboxylic acids is 1. The third-order valence-electron chi connectivity index (χ3n) is 2.77. The molecule has 0 aliphatic rings. The van der Waals surface area contributed by atoms with Crippen LogP contribution in [0.3, 0.4) is 0 Å². The largest absolute Gasteiger partial charge is 0.378 e. The number of nitrogens with one attached hydrogen (secondary N) is 1. The summed E-state index contributed by atoms with van der Waals surface area (Å²) in [5.74, 6) is -0.553. The van der Waals surface area contributed by atoms with E-state index in [0.717, 1.165) is 11.3 Å². The van der Waals surface area contributed by atoms with Gasteiger partial charge in [0.25, 0.3) is 0 Å².